The highest BCUT2D eigenvalue weighted by molar-refractivity contribution is 5.90. The lowest BCUT2D eigenvalue weighted by molar-refractivity contribution is 0.0693. The van der Waals surface area contributed by atoms with Crippen molar-refractivity contribution in [3.63, 3.8) is 0 Å². The van der Waals surface area contributed by atoms with Crippen LogP contribution in [0.15, 0.2) is 48.5 Å². The molecule has 110 valence electrons. The van der Waals surface area contributed by atoms with Crippen molar-refractivity contribution in [2.75, 3.05) is 13.2 Å². The maximum Gasteiger partial charge on any atom is 0.339 e. The molecule has 0 aromatic heterocycles. The summed E-state index contributed by atoms with van der Waals surface area (Å²) in [5.41, 5.74) is -0.144. The summed E-state index contributed by atoms with van der Waals surface area (Å²) in [5.74, 6) is -0.242. The van der Waals surface area contributed by atoms with Crippen molar-refractivity contribution in [3.05, 3.63) is 54.1 Å². The van der Waals surface area contributed by atoms with E-state index < -0.39 is 5.97 Å². The van der Waals surface area contributed by atoms with Crippen LogP contribution in [0, 0.1) is 0 Å². The molecular formula is C16H16O5. The van der Waals surface area contributed by atoms with Crippen LogP contribution in [0.3, 0.4) is 0 Å². The Morgan fingerprint density at radius 2 is 1.62 bits per heavy atom. The Labute approximate surface area is 122 Å². The minimum absolute atomic E-state index is 0.144. The van der Waals surface area contributed by atoms with Gasteiger partial charge in [-0.05, 0) is 24.3 Å². The molecule has 0 atom stereocenters. The van der Waals surface area contributed by atoms with Gasteiger partial charge in [-0.25, -0.2) is 4.79 Å². The second kappa shape index (κ2) is 7.19. The van der Waals surface area contributed by atoms with E-state index in [1.165, 1.54) is 18.2 Å². The van der Waals surface area contributed by atoms with Gasteiger partial charge in [0.15, 0.2) is 0 Å². The van der Waals surface area contributed by atoms with Crippen molar-refractivity contribution < 1.29 is 24.5 Å². The average molecular weight is 288 g/mol. The van der Waals surface area contributed by atoms with Crippen molar-refractivity contribution in [1.29, 1.82) is 0 Å². The minimum atomic E-state index is -1.17. The number of ether oxygens (including phenoxy) is 2. The zero-order valence-corrected chi connectivity index (χ0v) is 11.4. The Bertz CT molecular complexity index is 595. The number of hydrogen-bond donors (Lipinski definition) is 2. The van der Waals surface area contributed by atoms with Gasteiger partial charge in [0, 0.05) is 12.5 Å². The molecule has 0 aliphatic rings. The number of hydrogen-bond acceptors (Lipinski definition) is 4. The largest absolute Gasteiger partial charge is 0.507 e. The van der Waals surface area contributed by atoms with E-state index in [1.54, 1.807) is 0 Å². The number of para-hydroxylation sites is 1. The van der Waals surface area contributed by atoms with Crippen LogP contribution < -0.4 is 9.47 Å². The first-order valence-electron chi connectivity index (χ1n) is 6.54. The van der Waals surface area contributed by atoms with E-state index in [0.717, 1.165) is 5.75 Å². The molecule has 5 nitrogen and oxygen atoms in total. The van der Waals surface area contributed by atoms with Gasteiger partial charge in [-0.3, -0.25) is 0 Å². The van der Waals surface area contributed by atoms with Crippen molar-refractivity contribution >= 4 is 5.97 Å². The van der Waals surface area contributed by atoms with E-state index >= 15 is 0 Å². The Hall–Kier alpha value is -2.69. The van der Waals surface area contributed by atoms with E-state index in [0.29, 0.717) is 25.4 Å². The highest BCUT2D eigenvalue weighted by atomic mass is 16.5. The third-order valence-corrected chi connectivity index (χ3v) is 2.77. The first kappa shape index (κ1) is 14.7. The monoisotopic (exact) mass is 288 g/mol. The van der Waals surface area contributed by atoms with Crippen molar-refractivity contribution in [1.82, 2.24) is 0 Å². The molecule has 5 heteroatoms. The molecule has 2 N–H and O–H groups in total. The Balaban J connectivity index is 1.74. The van der Waals surface area contributed by atoms with Crippen molar-refractivity contribution in [2.45, 2.75) is 6.42 Å². The van der Waals surface area contributed by atoms with Crippen LogP contribution in [0.2, 0.25) is 0 Å². The molecule has 21 heavy (non-hydrogen) atoms. The summed E-state index contributed by atoms with van der Waals surface area (Å²) >= 11 is 0. The van der Waals surface area contributed by atoms with E-state index in [4.69, 9.17) is 14.6 Å². The molecule has 0 radical (unpaired) electrons. The molecule has 0 unspecified atom stereocenters. The topological polar surface area (TPSA) is 76.0 Å². The molecule has 0 amide bonds. The molecule has 0 bridgehead atoms. The molecule has 0 heterocycles. The fourth-order valence-electron chi connectivity index (χ4n) is 1.74. The number of benzene rings is 2. The average Bonchev–Trinajstić information content (AvgIpc) is 2.47. The first-order chi connectivity index (χ1) is 10.2. The molecule has 0 saturated carbocycles. The molecular weight excluding hydrogens is 272 g/mol. The lowest BCUT2D eigenvalue weighted by atomic mass is 10.2. The number of carbonyl (C=O) groups is 1. The van der Waals surface area contributed by atoms with E-state index in [9.17, 15) is 9.90 Å². The molecule has 0 aliphatic heterocycles. The second-order valence-corrected chi connectivity index (χ2v) is 4.35. The summed E-state index contributed by atoms with van der Waals surface area (Å²) in [6.07, 6.45) is 0.677. The molecule has 2 aromatic rings. The predicted molar refractivity (Wildman–Crippen MR) is 77.1 cm³/mol. The molecule has 0 saturated heterocycles. The fraction of sp³-hybridized carbons (Fsp3) is 0.188. The summed E-state index contributed by atoms with van der Waals surface area (Å²) in [5, 5.41) is 18.3. The van der Waals surface area contributed by atoms with Crippen LogP contribution in [0.25, 0.3) is 0 Å². The van der Waals surface area contributed by atoms with Crippen LogP contribution in [0.5, 0.6) is 17.2 Å². The third-order valence-electron chi connectivity index (χ3n) is 2.77. The fourth-order valence-corrected chi connectivity index (χ4v) is 1.74. The number of rotatable bonds is 7. The number of aromatic hydroxyl groups is 1. The Morgan fingerprint density at radius 1 is 0.952 bits per heavy atom. The van der Waals surface area contributed by atoms with Crippen molar-refractivity contribution in [2.24, 2.45) is 0 Å². The number of carboxylic acid groups (broad SMARTS) is 1. The highest BCUT2D eigenvalue weighted by Gasteiger charge is 2.09. The first-order valence-corrected chi connectivity index (χ1v) is 6.54. The van der Waals surface area contributed by atoms with Gasteiger partial charge in [-0.2, -0.15) is 0 Å². The number of phenols is 1. The predicted octanol–water partition coefficient (Wildman–Crippen LogP) is 2.94. The van der Waals surface area contributed by atoms with Gasteiger partial charge in [0.25, 0.3) is 0 Å². The summed E-state index contributed by atoms with van der Waals surface area (Å²) in [6.45, 7) is 0.932. The van der Waals surface area contributed by atoms with Crippen LogP contribution in [-0.2, 0) is 0 Å². The van der Waals surface area contributed by atoms with Crippen LogP contribution in [0.4, 0.5) is 0 Å². The van der Waals surface area contributed by atoms with Crippen molar-refractivity contribution in [3.8, 4) is 17.2 Å². The Morgan fingerprint density at radius 3 is 2.24 bits per heavy atom. The summed E-state index contributed by atoms with van der Waals surface area (Å²) in [4.78, 5) is 10.7. The zero-order chi connectivity index (χ0) is 15.1. The van der Waals surface area contributed by atoms with Gasteiger partial charge in [0.2, 0.25) is 0 Å². The zero-order valence-electron chi connectivity index (χ0n) is 11.4. The standard InChI is InChI=1S/C16H16O5/c17-15-11-13(7-8-14(15)16(18)19)21-10-4-9-20-12-5-2-1-3-6-12/h1-3,5-8,11,17H,4,9-10H2,(H,18,19). The smallest absolute Gasteiger partial charge is 0.339 e. The van der Waals surface area contributed by atoms with E-state index in [2.05, 4.69) is 0 Å². The molecule has 0 fully saturated rings. The number of aromatic carboxylic acids is 1. The molecule has 0 aliphatic carbocycles. The third kappa shape index (κ3) is 4.42. The summed E-state index contributed by atoms with van der Waals surface area (Å²) < 4.78 is 10.9. The van der Waals surface area contributed by atoms with Gasteiger partial charge in [0.1, 0.15) is 22.8 Å². The second-order valence-electron chi connectivity index (χ2n) is 4.35. The van der Waals surface area contributed by atoms with E-state index in [1.807, 2.05) is 30.3 Å². The highest BCUT2D eigenvalue weighted by Crippen LogP contribution is 2.23. The van der Waals surface area contributed by atoms with Crippen LogP contribution in [-0.4, -0.2) is 29.4 Å². The SMILES string of the molecule is O=C(O)c1ccc(OCCCOc2ccccc2)cc1O. The van der Waals surface area contributed by atoms with Gasteiger partial charge in [-0.15, -0.1) is 0 Å². The molecule has 0 spiro atoms. The normalized spacial score (nSPS) is 10.1. The lowest BCUT2D eigenvalue weighted by Crippen LogP contribution is -2.05. The Kier molecular flexibility index (Phi) is 5.04. The molecule has 2 rings (SSSR count). The van der Waals surface area contributed by atoms with Gasteiger partial charge in [0.05, 0.1) is 13.2 Å². The number of carboxylic acids is 1. The van der Waals surface area contributed by atoms with Crippen LogP contribution in [0.1, 0.15) is 16.8 Å². The van der Waals surface area contributed by atoms with Gasteiger partial charge in [-0.1, -0.05) is 18.2 Å². The molecule has 2 aromatic carbocycles. The summed E-state index contributed by atoms with van der Waals surface area (Å²) in [6, 6.07) is 13.6. The van der Waals surface area contributed by atoms with E-state index in [-0.39, 0.29) is 11.3 Å². The van der Waals surface area contributed by atoms with Gasteiger partial charge >= 0.3 is 5.97 Å². The maximum absolute atomic E-state index is 10.7. The maximum atomic E-state index is 10.7. The lowest BCUT2D eigenvalue weighted by Gasteiger charge is -2.09. The minimum Gasteiger partial charge on any atom is -0.507 e. The van der Waals surface area contributed by atoms with Gasteiger partial charge < -0.3 is 19.7 Å². The summed E-state index contributed by atoms with van der Waals surface area (Å²) in [7, 11) is 0. The van der Waals surface area contributed by atoms with Crippen LogP contribution >= 0.6 is 0 Å². The quantitative estimate of drug-likeness (QED) is 0.766.